The van der Waals surface area contributed by atoms with Gasteiger partial charge in [-0.15, -0.1) is 0 Å². The first-order valence-corrected chi connectivity index (χ1v) is 6.64. The van der Waals surface area contributed by atoms with Gasteiger partial charge in [-0.2, -0.15) is 0 Å². The summed E-state index contributed by atoms with van der Waals surface area (Å²) in [6, 6.07) is 4.87. The summed E-state index contributed by atoms with van der Waals surface area (Å²) in [5.41, 5.74) is 0.355. The van der Waals surface area contributed by atoms with Crippen LogP contribution in [0.4, 0.5) is 0 Å². The summed E-state index contributed by atoms with van der Waals surface area (Å²) in [6.45, 7) is 3.67. The van der Waals surface area contributed by atoms with Crippen molar-refractivity contribution in [2.24, 2.45) is 0 Å². The van der Waals surface area contributed by atoms with Crippen LogP contribution in [0.25, 0.3) is 0 Å². The minimum atomic E-state index is -1.20. The highest BCUT2D eigenvalue weighted by atomic mass is 16.6. The molecule has 1 aromatic carbocycles. The average molecular weight is 296 g/mol. The lowest BCUT2D eigenvalue weighted by Gasteiger charge is -2.18. The standard InChI is InChI=1S/C15H20O6/c1-5-20-14(16)13(15(17)21-6-2)11-9-10(18-3)7-8-12(11)19-4/h7-9,13H,5-6H2,1-4H3. The lowest BCUT2D eigenvalue weighted by atomic mass is 9.97. The van der Waals surface area contributed by atoms with Gasteiger partial charge in [0.15, 0.2) is 5.92 Å². The summed E-state index contributed by atoms with van der Waals surface area (Å²) in [4.78, 5) is 24.2. The van der Waals surface area contributed by atoms with E-state index in [1.165, 1.54) is 14.2 Å². The van der Waals surface area contributed by atoms with Crippen LogP contribution in [0.1, 0.15) is 25.3 Å². The Morgan fingerprint density at radius 1 is 1.00 bits per heavy atom. The van der Waals surface area contributed by atoms with Crippen molar-refractivity contribution < 1.29 is 28.5 Å². The molecule has 0 saturated heterocycles. The molecule has 0 aliphatic heterocycles. The van der Waals surface area contributed by atoms with Crippen LogP contribution in [0.5, 0.6) is 11.5 Å². The summed E-state index contributed by atoms with van der Waals surface area (Å²) >= 11 is 0. The maximum absolute atomic E-state index is 12.1. The van der Waals surface area contributed by atoms with E-state index in [-0.39, 0.29) is 13.2 Å². The van der Waals surface area contributed by atoms with E-state index in [2.05, 4.69) is 0 Å². The van der Waals surface area contributed by atoms with E-state index in [1.54, 1.807) is 32.0 Å². The van der Waals surface area contributed by atoms with Crippen LogP contribution in [0.15, 0.2) is 18.2 Å². The molecular formula is C15H20O6. The second-order valence-corrected chi connectivity index (χ2v) is 4.04. The minimum absolute atomic E-state index is 0.168. The molecule has 0 radical (unpaired) electrons. The van der Waals surface area contributed by atoms with Crippen LogP contribution in [-0.4, -0.2) is 39.4 Å². The first-order valence-electron chi connectivity index (χ1n) is 6.64. The summed E-state index contributed by atoms with van der Waals surface area (Å²) < 4.78 is 20.3. The van der Waals surface area contributed by atoms with Crippen molar-refractivity contribution in [3.8, 4) is 11.5 Å². The predicted octanol–water partition coefficient (Wildman–Crippen LogP) is 1.91. The molecule has 0 amide bonds. The fourth-order valence-electron chi connectivity index (χ4n) is 1.87. The molecule has 0 unspecified atom stereocenters. The Morgan fingerprint density at radius 3 is 2.00 bits per heavy atom. The van der Waals surface area contributed by atoms with Gasteiger partial charge in [0, 0.05) is 5.56 Å². The van der Waals surface area contributed by atoms with Crippen LogP contribution in [0.2, 0.25) is 0 Å². The van der Waals surface area contributed by atoms with E-state index in [1.807, 2.05) is 0 Å². The third-order valence-corrected chi connectivity index (χ3v) is 2.79. The summed E-state index contributed by atoms with van der Waals surface area (Å²) in [5, 5.41) is 0. The molecule has 0 aliphatic rings. The van der Waals surface area contributed by atoms with Gasteiger partial charge in [-0.05, 0) is 32.0 Å². The molecule has 0 saturated carbocycles. The molecule has 0 fully saturated rings. The number of carbonyl (C=O) groups is 2. The first-order chi connectivity index (χ1) is 10.1. The van der Waals surface area contributed by atoms with Gasteiger partial charge in [0.1, 0.15) is 11.5 Å². The van der Waals surface area contributed by atoms with Crippen molar-refractivity contribution in [2.45, 2.75) is 19.8 Å². The normalized spacial score (nSPS) is 10.1. The highest BCUT2D eigenvalue weighted by Crippen LogP contribution is 2.32. The fraction of sp³-hybridized carbons (Fsp3) is 0.467. The smallest absolute Gasteiger partial charge is 0.325 e. The number of carbonyl (C=O) groups excluding carboxylic acids is 2. The number of hydrogen-bond acceptors (Lipinski definition) is 6. The summed E-state index contributed by atoms with van der Waals surface area (Å²) in [6.07, 6.45) is 0. The second-order valence-electron chi connectivity index (χ2n) is 4.04. The Labute approximate surface area is 123 Å². The Morgan fingerprint density at radius 2 is 1.57 bits per heavy atom. The van der Waals surface area contributed by atoms with E-state index < -0.39 is 17.9 Å². The molecule has 21 heavy (non-hydrogen) atoms. The topological polar surface area (TPSA) is 71.1 Å². The molecule has 6 heteroatoms. The molecule has 0 spiro atoms. The number of esters is 2. The van der Waals surface area contributed by atoms with Gasteiger partial charge in [-0.3, -0.25) is 9.59 Å². The maximum atomic E-state index is 12.1. The monoisotopic (exact) mass is 296 g/mol. The van der Waals surface area contributed by atoms with Gasteiger partial charge in [0.05, 0.1) is 27.4 Å². The van der Waals surface area contributed by atoms with Gasteiger partial charge < -0.3 is 18.9 Å². The van der Waals surface area contributed by atoms with Crippen LogP contribution in [0, 0.1) is 0 Å². The Balaban J connectivity index is 3.29. The molecule has 0 atom stereocenters. The van der Waals surface area contributed by atoms with Crippen molar-refractivity contribution in [3.63, 3.8) is 0 Å². The van der Waals surface area contributed by atoms with Crippen LogP contribution < -0.4 is 9.47 Å². The predicted molar refractivity (Wildman–Crippen MR) is 75.6 cm³/mol. The number of benzene rings is 1. The molecule has 1 rings (SSSR count). The van der Waals surface area contributed by atoms with Crippen LogP contribution in [-0.2, 0) is 19.1 Å². The Bertz CT molecular complexity index is 479. The van der Waals surface area contributed by atoms with Crippen LogP contribution >= 0.6 is 0 Å². The molecule has 0 aromatic heterocycles. The van der Waals surface area contributed by atoms with Gasteiger partial charge in [-0.1, -0.05) is 0 Å². The van der Waals surface area contributed by atoms with Crippen molar-refractivity contribution >= 4 is 11.9 Å². The zero-order valence-electron chi connectivity index (χ0n) is 12.7. The van der Waals surface area contributed by atoms with Gasteiger partial charge in [-0.25, -0.2) is 0 Å². The largest absolute Gasteiger partial charge is 0.497 e. The molecule has 0 aliphatic carbocycles. The molecule has 116 valence electrons. The fourth-order valence-corrected chi connectivity index (χ4v) is 1.87. The van der Waals surface area contributed by atoms with Crippen molar-refractivity contribution in [1.29, 1.82) is 0 Å². The van der Waals surface area contributed by atoms with Gasteiger partial charge >= 0.3 is 11.9 Å². The Kier molecular flexibility index (Phi) is 6.52. The van der Waals surface area contributed by atoms with Gasteiger partial charge in [0.2, 0.25) is 0 Å². The molecular weight excluding hydrogens is 276 g/mol. The molecule has 0 bridgehead atoms. The van der Waals surface area contributed by atoms with Crippen LogP contribution in [0.3, 0.4) is 0 Å². The molecule has 0 heterocycles. The quantitative estimate of drug-likeness (QED) is 0.565. The summed E-state index contributed by atoms with van der Waals surface area (Å²) in [7, 11) is 2.95. The zero-order valence-corrected chi connectivity index (χ0v) is 12.7. The van der Waals surface area contributed by atoms with E-state index in [4.69, 9.17) is 18.9 Å². The first kappa shape index (κ1) is 16.8. The zero-order chi connectivity index (χ0) is 15.8. The van der Waals surface area contributed by atoms with E-state index >= 15 is 0 Å². The lowest BCUT2D eigenvalue weighted by molar-refractivity contribution is -0.157. The second kappa shape index (κ2) is 8.14. The molecule has 1 aromatic rings. The maximum Gasteiger partial charge on any atom is 0.325 e. The highest BCUT2D eigenvalue weighted by Gasteiger charge is 2.34. The van der Waals surface area contributed by atoms with E-state index in [0.717, 1.165) is 0 Å². The number of methoxy groups -OCH3 is 2. The number of rotatable bonds is 7. The van der Waals surface area contributed by atoms with E-state index in [0.29, 0.717) is 17.1 Å². The number of hydrogen-bond donors (Lipinski definition) is 0. The SMILES string of the molecule is CCOC(=O)C(C(=O)OCC)c1cc(OC)ccc1OC. The number of ether oxygens (including phenoxy) is 4. The van der Waals surface area contributed by atoms with E-state index in [9.17, 15) is 9.59 Å². The average Bonchev–Trinajstić information content (AvgIpc) is 2.48. The highest BCUT2D eigenvalue weighted by molar-refractivity contribution is 6.01. The van der Waals surface area contributed by atoms with Gasteiger partial charge in [0.25, 0.3) is 0 Å². The third kappa shape index (κ3) is 4.11. The minimum Gasteiger partial charge on any atom is -0.497 e. The molecule has 0 N–H and O–H groups in total. The van der Waals surface area contributed by atoms with Crippen molar-refractivity contribution in [3.05, 3.63) is 23.8 Å². The van der Waals surface area contributed by atoms with Crippen molar-refractivity contribution in [2.75, 3.05) is 27.4 Å². The Hall–Kier alpha value is -2.24. The summed E-state index contributed by atoms with van der Waals surface area (Å²) in [5.74, 6) is -1.66. The third-order valence-electron chi connectivity index (χ3n) is 2.79. The van der Waals surface area contributed by atoms with Crippen molar-refractivity contribution in [1.82, 2.24) is 0 Å². The molecule has 6 nitrogen and oxygen atoms in total. The lowest BCUT2D eigenvalue weighted by Crippen LogP contribution is -2.26.